The number of aryl methyl sites for hydroxylation is 1. The topological polar surface area (TPSA) is 45.2 Å². The van der Waals surface area contributed by atoms with Crippen molar-refractivity contribution in [3.8, 4) is 0 Å². The molecule has 0 fully saturated rings. The van der Waals surface area contributed by atoms with Gasteiger partial charge < -0.3 is 10.2 Å². The molecule has 0 unspecified atom stereocenters. The molecule has 0 aliphatic carbocycles. The standard InChI is InChI=1S/C20H20ClN3O/c1-13-5-4-6-17(14(13)2)23-20(25)12-24(3)19-9-10-22-18-11-15(21)7-8-16(18)19/h4-11H,12H2,1-3H3,(H,23,25). The minimum absolute atomic E-state index is 0.0601. The van der Waals surface area contributed by atoms with E-state index in [4.69, 9.17) is 11.6 Å². The molecule has 0 aliphatic rings. The van der Waals surface area contributed by atoms with Crippen molar-refractivity contribution in [1.82, 2.24) is 4.98 Å². The van der Waals surface area contributed by atoms with Gasteiger partial charge in [0.25, 0.3) is 0 Å². The molecule has 128 valence electrons. The lowest BCUT2D eigenvalue weighted by molar-refractivity contribution is -0.114. The van der Waals surface area contributed by atoms with Gasteiger partial charge in [0.2, 0.25) is 5.91 Å². The fraction of sp³-hybridized carbons (Fsp3) is 0.200. The van der Waals surface area contributed by atoms with E-state index in [1.165, 1.54) is 0 Å². The summed E-state index contributed by atoms with van der Waals surface area (Å²) in [4.78, 5) is 18.7. The summed E-state index contributed by atoms with van der Waals surface area (Å²) in [5.74, 6) is -0.0601. The first-order valence-corrected chi connectivity index (χ1v) is 8.45. The number of pyridine rings is 1. The smallest absolute Gasteiger partial charge is 0.243 e. The number of likely N-dealkylation sites (N-methyl/N-ethyl adjacent to an activating group) is 1. The maximum Gasteiger partial charge on any atom is 0.243 e. The molecular formula is C20H20ClN3O. The minimum Gasteiger partial charge on any atom is -0.365 e. The molecule has 5 heteroatoms. The number of hydrogen-bond donors (Lipinski definition) is 1. The molecule has 0 aliphatic heterocycles. The highest BCUT2D eigenvalue weighted by molar-refractivity contribution is 6.31. The van der Waals surface area contributed by atoms with Gasteiger partial charge in [-0.3, -0.25) is 9.78 Å². The van der Waals surface area contributed by atoms with Crippen molar-refractivity contribution in [2.45, 2.75) is 13.8 Å². The number of aromatic nitrogens is 1. The minimum atomic E-state index is -0.0601. The maximum absolute atomic E-state index is 12.5. The number of benzene rings is 2. The lowest BCUT2D eigenvalue weighted by atomic mass is 10.1. The van der Waals surface area contributed by atoms with Crippen LogP contribution in [0.2, 0.25) is 5.02 Å². The van der Waals surface area contributed by atoms with E-state index in [2.05, 4.69) is 10.3 Å². The van der Waals surface area contributed by atoms with Gasteiger partial charge in [0, 0.05) is 35.0 Å². The molecule has 1 N–H and O–H groups in total. The quantitative estimate of drug-likeness (QED) is 0.746. The second kappa shape index (κ2) is 7.11. The van der Waals surface area contributed by atoms with Crippen LogP contribution in [0.3, 0.4) is 0 Å². The Balaban J connectivity index is 1.79. The fourth-order valence-electron chi connectivity index (χ4n) is 2.82. The van der Waals surface area contributed by atoms with Gasteiger partial charge in [0.1, 0.15) is 0 Å². The molecule has 0 spiro atoms. The van der Waals surface area contributed by atoms with E-state index in [9.17, 15) is 4.79 Å². The number of fused-ring (bicyclic) bond motifs is 1. The van der Waals surface area contributed by atoms with E-state index in [0.29, 0.717) is 5.02 Å². The summed E-state index contributed by atoms with van der Waals surface area (Å²) in [6.07, 6.45) is 1.73. The SMILES string of the molecule is Cc1cccc(NC(=O)CN(C)c2ccnc3cc(Cl)ccc23)c1C. The van der Waals surface area contributed by atoms with E-state index in [0.717, 1.165) is 33.4 Å². The van der Waals surface area contributed by atoms with Gasteiger partial charge in [-0.25, -0.2) is 0 Å². The summed E-state index contributed by atoms with van der Waals surface area (Å²) < 4.78 is 0. The van der Waals surface area contributed by atoms with Crippen LogP contribution in [0.4, 0.5) is 11.4 Å². The van der Waals surface area contributed by atoms with Crippen LogP contribution in [0.1, 0.15) is 11.1 Å². The van der Waals surface area contributed by atoms with Gasteiger partial charge >= 0.3 is 0 Å². The van der Waals surface area contributed by atoms with Crippen molar-refractivity contribution < 1.29 is 4.79 Å². The fourth-order valence-corrected chi connectivity index (χ4v) is 2.98. The third kappa shape index (κ3) is 3.74. The Labute approximate surface area is 152 Å². The molecule has 3 rings (SSSR count). The van der Waals surface area contributed by atoms with E-state index in [1.54, 1.807) is 6.20 Å². The zero-order chi connectivity index (χ0) is 18.0. The number of anilines is 2. The van der Waals surface area contributed by atoms with Crippen LogP contribution in [0.5, 0.6) is 0 Å². The van der Waals surface area contributed by atoms with Crippen molar-refractivity contribution in [3.05, 3.63) is 64.8 Å². The Bertz CT molecular complexity index is 939. The molecule has 1 heterocycles. The first-order chi connectivity index (χ1) is 12.0. The summed E-state index contributed by atoms with van der Waals surface area (Å²) in [5.41, 5.74) is 4.85. The predicted molar refractivity (Wildman–Crippen MR) is 105 cm³/mol. The van der Waals surface area contributed by atoms with Crippen LogP contribution in [-0.4, -0.2) is 24.5 Å². The van der Waals surface area contributed by atoms with E-state index in [1.807, 2.05) is 68.3 Å². The van der Waals surface area contributed by atoms with Gasteiger partial charge in [-0.15, -0.1) is 0 Å². The molecule has 0 radical (unpaired) electrons. The van der Waals surface area contributed by atoms with E-state index in [-0.39, 0.29) is 12.5 Å². The number of nitrogens with zero attached hydrogens (tertiary/aromatic N) is 2. The molecule has 4 nitrogen and oxygen atoms in total. The van der Waals surface area contributed by atoms with Crippen molar-refractivity contribution in [3.63, 3.8) is 0 Å². The second-order valence-electron chi connectivity index (χ2n) is 6.14. The molecule has 1 aromatic heterocycles. The summed E-state index contributed by atoms with van der Waals surface area (Å²) in [6.45, 7) is 4.29. The third-order valence-corrected chi connectivity index (χ3v) is 4.59. The van der Waals surface area contributed by atoms with E-state index >= 15 is 0 Å². The number of amides is 1. The number of nitrogens with one attached hydrogen (secondary N) is 1. The number of hydrogen-bond acceptors (Lipinski definition) is 3. The average molecular weight is 354 g/mol. The Morgan fingerprint density at radius 3 is 2.80 bits per heavy atom. The normalized spacial score (nSPS) is 10.7. The Hall–Kier alpha value is -2.59. The highest BCUT2D eigenvalue weighted by Crippen LogP contribution is 2.26. The lowest BCUT2D eigenvalue weighted by Gasteiger charge is -2.21. The molecule has 0 saturated carbocycles. The second-order valence-corrected chi connectivity index (χ2v) is 6.58. The van der Waals surface area contributed by atoms with Gasteiger partial charge in [0.15, 0.2) is 0 Å². The summed E-state index contributed by atoms with van der Waals surface area (Å²) in [6, 6.07) is 13.4. The number of carbonyl (C=O) groups is 1. The van der Waals surface area contributed by atoms with Crippen LogP contribution >= 0.6 is 11.6 Å². The molecule has 1 amide bonds. The maximum atomic E-state index is 12.5. The highest BCUT2D eigenvalue weighted by atomic mass is 35.5. The zero-order valence-corrected chi connectivity index (χ0v) is 15.3. The largest absolute Gasteiger partial charge is 0.365 e. The molecule has 0 atom stereocenters. The monoisotopic (exact) mass is 353 g/mol. The predicted octanol–water partition coefficient (Wildman–Crippen LogP) is 4.58. The van der Waals surface area contributed by atoms with Crippen LogP contribution < -0.4 is 10.2 Å². The molecule has 25 heavy (non-hydrogen) atoms. The molecular weight excluding hydrogens is 334 g/mol. The first-order valence-electron chi connectivity index (χ1n) is 8.07. The Morgan fingerprint density at radius 2 is 2.00 bits per heavy atom. The Kier molecular flexibility index (Phi) is 4.91. The van der Waals surface area contributed by atoms with E-state index < -0.39 is 0 Å². The van der Waals surface area contributed by atoms with Crippen molar-refractivity contribution in [1.29, 1.82) is 0 Å². The van der Waals surface area contributed by atoms with Gasteiger partial charge in [-0.2, -0.15) is 0 Å². The number of halogens is 1. The number of rotatable bonds is 4. The van der Waals surface area contributed by atoms with Crippen LogP contribution in [-0.2, 0) is 4.79 Å². The van der Waals surface area contributed by atoms with Crippen LogP contribution in [0, 0.1) is 13.8 Å². The average Bonchev–Trinajstić information content (AvgIpc) is 2.58. The summed E-state index contributed by atoms with van der Waals surface area (Å²) in [5, 5.41) is 4.60. The van der Waals surface area contributed by atoms with Gasteiger partial charge in [0.05, 0.1) is 12.1 Å². The number of carbonyl (C=O) groups excluding carboxylic acids is 1. The highest BCUT2D eigenvalue weighted by Gasteiger charge is 2.12. The van der Waals surface area contributed by atoms with Crippen molar-refractivity contribution in [2.24, 2.45) is 0 Å². The van der Waals surface area contributed by atoms with Crippen LogP contribution in [0.15, 0.2) is 48.7 Å². The van der Waals surface area contributed by atoms with Crippen LogP contribution in [0.25, 0.3) is 10.9 Å². The first kappa shape index (κ1) is 17.2. The third-order valence-electron chi connectivity index (χ3n) is 4.35. The van der Waals surface area contributed by atoms with Crippen molar-refractivity contribution >= 4 is 39.8 Å². The summed E-state index contributed by atoms with van der Waals surface area (Å²) >= 11 is 6.04. The molecule has 0 saturated heterocycles. The molecule has 3 aromatic rings. The molecule has 2 aromatic carbocycles. The zero-order valence-electron chi connectivity index (χ0n) is 14.5. The van der Waals surface area contributed by atoms with Gasteiger partial charge in [-0.05, 0) is 55.3 Å². The Morgan fingerprint density at radius 1 is 1.20 bits per heavy atom. The summed E-state index contributed by atoms with van der Waals surface area (Å²) in [7, 11) is 1.89. The van der Waals surface area contributed by atoms with Crippen molar-refractivity contribution in [2.75, 3.05) is 23.8 Å². The van der Waals surface area contributed by atoms with Gasteiger partial charge in [-0.1, -0.05) is 23.7 Å². The lowest BCUT2D eigenvalue weighted by Crippen LogP contribution is -2.30. The molecule has 0 bridgehead atoms.